The van der Waals surface area contributed by atoms with Crippen LogP contribution in [0.25, 0.3) is 0 Å². The van der Waals surface area contributed by atoms with E-state index in [9.17, 15) is 5.26 Å². The highest BCUT2D eigenvalue weighted by molar-refractivity contribution is 5.60. The van der Waals surface area contributed by atoms with Crippen molar-refractivity contribution in [3.8, 4) is 6.07 Å². The summed E-state index contributed by atoms with van der Waals surface area (Å²) in [5.74, 6) is 0. The van der Waals surface area contributed by atoms with Crippen molar-refractivity contribution in [2.75, 3.05) is 19.0 Å². The van der Waals surface area contributed by atoms with Crippen LogP contribution in [0.5, 0.6) is 0 Å². The van der Waals surface area contributed by atoms with Crippen LogP contribution < -0.4 is 10.2 Å². The molecule has 2 aromatic rings. The molecule has 0 unspecified atom stereocenters. The summed E-state index contributed by atoms with van der Waals surface area (Å²) in [6.45, 7) is 1.52. The summed E-state index contributed by atoms with van der Waals surface area (Å²) in [5, 5.41) is 12.4. The van der Waals surface area contributed by atoms with E-state index >= 15 is 0 Å². The van der Waals surface area contributed by atoms with Gasteiger partial charge in [0.2, 0.25) is 0 Å². The van der Waals surface area contributed by atoms with Gasteiger partial charge in [-0.25, -0.2) is 0 Å². The maximum absolute atomic E-state index is 9.32. The van der Waals surface area contributed by atoms with E-state index < -0.39 is 0 Å². The molecule has 0 aliphatic carbocycles. The molecular weight excluding hydrogens is 248 g/mol. The van der Waals surface area contributed by atoms with Gasteiger partial charge < -0.3 is 10.2 Å². The molecule has 102 valence electrons. The molecule has 4 heteroatoms. The first-order chi connectivity index (χ1) is 9.74. The second kappa shape index (κ2) is 6.69. The van der Waals surface area contributed by atoms with Crippen LogP contribution in [-0.4, -0.2) is 19.1 Å². The fourth-order valence-electron chi connectivity index (χ4n) is 2.17. The van der Waals surface area contributed by atoms with E-state index in [1.54, 1.807) is 12.4 Å². The molecule has 0 bridgehead atoms. The highest BCUT2D eigenvalue weighted by atomic mass is 15.1. The van der Waals surface area contributed by atoms with Gasteiger partial charge in [0.15, 0.2) is 0 Å². The maximum Gasteiger partial charge on any atom is 0.101 e. The Labute approximate surface area is 119 Å². The largest absolute Gasteiger partial charge is 0.369 e. The van der Waals surface area contributed by atoms with Crippen molar-refractivity contribution in [3.63, 3.8) is 0 Å². The molecule has 0 aliphatic rings. The number of benzene rings is 1. The van der Waals surface area contributed by atoms with Crippen LogP contribution in [0.15, 0.2) is 42.7 Å². The third-order valence-corrected chi connectivity index (χ3v) is 3.14. The van der Waals surface area contributed by atoms with Gasteiger partial charge in [0.1, 0.15) is 6.07 Å². The van der Waals surface area contributed by atoms with Crippen LogP contribution in [0, 0.1) is 11.3 Å². The first-order valence-electron chi connectivity index (χ1n) is 6.52. The van der Waals surface area contributed by atoms with Crippen LogP contribution in [0.2, 0.25) is 0 Å². The number of nitriles is 1. The molecule has 1 aromatic heterocycles. The lowest BCUT2D eigenvalue weighted by Crippen LogP contribution is -2.18. The number of pyridine rings is 1. The Hall–Kier alpha value is -2.38. The summed E-state index contributed by atoms with van der Waals surface area (Å²) < 4.78 is 0. The van der Waals surface area contributed by atoms with E-state index in [0.717, 1.165) is 24.3 Å². The molecule has 0 spiro atoms. The van der Waals surface area contributed by atoms with Gasteiger partial charge in [-0.05, 0) is 42.4 Å². The maximum atomic E-state index is 9.32. The van der Waals surface area contributed by atoms with E-state index in [0.29, 0.717) is 5.56 Å². The highest BCUT2D eigenvalue weighted by Gasteiger charge is 2.08. The lowest BCUT2D eigenvalue weighted by atomic mass is 10.1. The third-order valence-electron chi connectivity index (χ3n) is 3.14. The average molecular weight is 266 g/mol. The molecular formula is C16H18N4. The summed E-state index contributed by atoms with van der Waals surface area (Å²) >= 11 is 0. The minimum Gasteiger partial charge on any atom is -0.369 e. The second-order valence-corrected chi connectivity index (χ2v) is 4.71. The van der Waals surface area contributed by atoms with Gasteiger partial charge in [0, 0.05) is 32.5 Å². The predicted molar refractivity (Wildman–Crippen MR) is 80.3 cm³/mol. The van der Waals surface area contributed by atoms with Gasteiger partial charge in [-0.15, -0.1) is 0 Å². The quantitative estimate of drug-likeness (QED) is 0.902. The van der Waals surface area contributed by atoms with Crippen LogP contribution in [0.4, 0.5) is 5.69 Å². The van der Waals surface area contributed by atoms with Crippen LogP contribution in [0.3, 0.4) is 0 Å². The number of nitrogens with zero attached hydrogens (tertiary/aromatic N) is 3. The molecule has 1 aromatic carbocycles. The van der Waals surface area contributed by atoms with Crippen molar-refractivity contribution in [2.24, 2.45) is 0 Å². The molecule has 0 saturated carbocycles. The smallest absolute Gasteiger partial charge is 0.101 e. The van der Waals surface area contributed by atoms with Gasteiger partial charge in [-0.1, -0.05) is 6.07 Å². The van der Waals surface area contributed by atoms with Crippen LogP contribution >= 0.6 is 0 Å². The molecule has 1 N–H and O–H groups in total. The van der Waals surface area contributed by atoms with Crippen molar-refractivity contribution in [1.82, 2.24) is 10.3 Å². The van der Waals surface area contributed by atoms with Crippen LogP contribution in [0.1, 0.15) is 16.7 Å². The van der Waals surface area contributed by atoms with Crippen molar-refractivity contribution in [1.29, 1.82) is 5.26 Å². The second-order valence-electron chi connectivity index (χ2n) is 4.71. The van der Waals surface area contributed by atoms with Gasteiger partial charge in [-0.3, -0.25) is 4.98 Å². The fourth-order valence-corrected chi connectivity index (χ4v) is 2.17. The highest BCUT2D eigenvalue weighted by Crippen LogP contribution is 2.22. The van der Waals surface area contributed by atoms with Gasteiger partial charge >= 0.3 is 0 Å². The van der Waals surface area contributed by atoms with Crippen molar-refractivity contribution < 1.29 is 0 Å². The van der Waals surface area contributed by atoms with Crippen molar-refractivity contribution in [3.05, 3.63) is 59.4 Å². The topological polar surface area (TPSA) is 52.0 Å². The van der Waals surface area contributed by atoms with E-state index in [1.807, 2.05) is 38.4 Å². The SMILES string of the molecule is CNCc1ccc(N(C)Cc2ccncc2)c(C#N)c1. The molecule has 0 aliphatic heterocycles. The number of aromatic nitrogens is 1. The number of hydrogen-bond donors (Lipinski definition) is 1. The molecule has 0 radical (unpaired) electrons. The predicted octanol–water partition coefficient (Wildman–Crippen LogP) is 2.31. The Morgan fingerprint density at radius 3 is 2.60 bits per heavy atom. The zero-order valence-corrected chi connectivity index (χ0v) is 11.8. The van der Waals surface area contributed by atoms with E-state index in [1.165, 1.54) is 5.56 Å². The minimum atomic E-state index is 0.703. The summed E-state index contributed by atoms with van der Waals surface area (Å²) in [6, 6.07) is 12.2. The van der Waals surface area contributed by atoms with Crippen LogP contribution in [-0.2, 0) is 13.1 Å². The molecule has 1 heterocycles. The lowest BCUT2D eigenvalue weighted by molar-refractivity contribution is 0.816. The number of nitrogens with one attached hydrogen (secondary N) is 1. The number of rotatable bonds is 5. The molecule has 2 rings (SSSR count). The number of anilines is 1. The van der Waals surface area contributed by atoms with E-state index in [4.69, 9.17) is 0 Å². The first kappa shape index (κ1) is 14.0. The summed E-state index contributed by atoms with van der Waals surface area (Å²) in [7, 11) is 3.89. The first-order valence-corrected chi connectivity index (χ1v) is 6.52. The molecule has 20 heavy (non-hydrogen) atoms. The Morgan fingerprint density at radius 1 is 1.20 bits per heavy atom. The summed E-state index contributed by atoms with van der Waals surface area (Å²) in [6.07, 6.45) is 3.56. The van der Waals surface area contributed by atoms with E-state index in [-0.39, 0.29) is 0 Å². The normalized spacial score (nSPS) is 10.1. The molecule has 0 fully saturated rings. The Bertz CT molecular complexity index is 602. The molecule has 0 amide bonds. The minimum absolute atomic E-state index is 0.703. The van der Waals surface area contributed by atoms with Crippen molar-refractivity contribution in [2.45, 2.75) is 13.1 Å². The Kier molecular flexibility index (Phi) is 4.70. The monoisotopic (exact) mass is 266 g/mol. The summed E-state index contributed by atoms with van der Waals surface area (Å²) in [4.78, 5) is 6.09. The number of hydrogen-bond acceptors (Lipinski definition) is 4. The Morgan fingerprint density at radius 2 is 1.95 bits per heavy atom. The molecule has 0 atom stereocenters. The summed E-state index contributed by atoms with van der Waals surface area (Å²) in [5.41, 5.74) is 3.94. The average Bonchev–Trinajstić information content (AvgIpc) is 2.48. The standard InChI is InChI=1S/C16H18N4/c1-18-11-14-3-4-16(15(9-14)10-17)20(2)12-13-5-7-19-8-6-13/h3-9,18H,11-12H2,1-2H3. The molecule has 0 saturated heterocycles. The Balaban J connectivity index is 2.21. The lowest BCUT2D eigenvalue weighted by Gasteiger charge is -2.21. The fraction of sp³-hybridized carbons (Fsp3) is 0.250. The molecule has 4 nitrogen and oxygen atoms in total. The van der Waals surface area contributed by atoms with E-state index in [2.05, 4.69) is 27.3 Å². The van der Waals surface area contributed by atoms with Gasteiger partial charge in [0.25, 0.3) is 0 Å². The van der Waals surface area contributed by atoms with Gasteiger partial charge in [0.05, 0.1) is 11.3 Å². The van der Waals surface area contributed by atoms with Gasteiger partial charge in [-0.2, -0.15) is 5.26 Å². The van der Waals surface area contributed by atoms with Crippen molar-refractivity contribution >= 4 is 5.69 Å². The zero-order chi connectivity index (χ0) is 14.4. The zero-order valence-electron chi connectivity index (χ0n) is 11.8. The third kappa shape index (κ3) is 3.34.